The van der Waals surface area contributed by atoms with Crippen LogP contribution in [0.25, 0.3) is 0 Å². The molecular weight excluding hydrogens is 216 g/mol. The van der Waals surface area contributed by atoms with Crippen LogP contribution >= 0.6 is 0 Å². The first kappa shape index (κ1) is 11.6. The highest BCUT2D eigenvalue weighted by Crippen LogP contribution is 2.31. The van der Waals surface area contributed by atoms with Crippen LogP contribution in [0.4, 0.5) is 23.2 Å². The second-order valence-electron chi connectivity index (χ2n) is 2.71. The van der Waals surface area contributed by atoms with Crippen LogP contribution in [0.1, 0.15) is 5.56 Å². The Labute approximate surface area is 82.6 Å². The predicted molar refractivity (Wildman–Crippen MR) is 45.4 cm³/mol. The zero-order valence-electron chi connectivity index (χ0n) is 7.44. The average Bonchev–Trinajstić information content (AvgIpc) is 2.11. The lowest BCUT2D eigenvalue weighted by Gasteiger charge is -2.13. The van der Waals surface area contributed by atoms with Crippen LogP contribution < -0.4 is 16.2 Å². The molecule has 0 saturated carbocycles. The van der Waals surface area contributed by atoms with Gasteiger partial charge in [-0.2, -0.15) is 0 Å². The van der Waals surface area contributed by atoms with E-state index in [2.05, 4.69) is 4.74 Å². The standard InChI is InChI=1S/C8H8F4N2O/c9-6-5(14)2-1-4(3-13)7(6)15-8(10,11)12/h1-2H,3,13-14H2. The lowest BCUT2D eigenvalue weighted by molar-refractivity contribution is -0.275. The van der Waals surface area contributed by atoms with E-state index < -0.39 is 23.6 Å². The Morgan fingerprint density at radius 2 is 1.87 bits per heavy atom. The third-order valence-electron chi connectivity index (χ3n) is 1.65. The number of hydrogen-bond donors (Lipinski definition) is 2. The minimum Gasteiger partial charge on any atom is -0.402 e. The van der Waals surface area contributed by atoms with E-state index >= 15 is 0 Å². The van der Waals surface area contributed by atoms with Crippen LogP contribution in [0.5, 0.6) is 5.75 Å². The summed E-state index contributed by atoms with van der Waals surface area (Å²) in [5, 5.41) is 0. The lowest BCUT2D eigenvalue weighted by Crippen LogP contribution is -2.20. The highest BCUT2D eigenvalue weighted by molar-refractivity contribution is 5.50. The van der Waals surface area contributed by atoms with Crippen molar-refractivity contribution >= 4 is 5.69 Å². The van der Waals surface area contributed by atoms with Gasteiger partial charge in [-0.1, -0.05) is 6.07 Å². The number of anilines is 1. The van der Waals surface area contributed by atoms with E-state index in [4.69, 9.17) is 11.5 Å². The SMILES string of the molecule is NCc1ccc(N)c(F)c1OC(F)(F)F. The molecule has 84 valence electrons. The molecule has 0 spiro atoms. The first-order chi connectivity index (χ1) is 6.85. The van der Waals surface area contributed by atoms with Crippen LogP contribution in [0.3, 0.4) is 0 Å². The number of ether oxygens (including phenoxy) is 1. The van der Waals surface area contributed by atoms with Crippen LogP contribution in [-0.4, -0.2) is 6.36 Å². The Morgan fingerprint density at radius 3 is 2.33 bits per heavy atom. The number of benzene rings is 1. The Bertz CT molecular complexity index is 364. The fourth-order valence-corrected chi connectivity index (χ4v) is 0.998. The van der Waals surface area contributed by atoms with Crippen molar-refractivity contribution in [3.63, 3.8) is 0 Å². The van der Waals surface area contributed by atoms with Crippen molar-refractivity contribution in [2.45, 2.75) is 12.9 Å². The number of nitrogens with two attached hydrogens (primary N) is 2. The van der Waals surface area contributed by atoms with Gasteiger partial charge in [0.2, 0.25) is 0 Å². The summed E-state index contributed by atoms with van der Waals surface area (Å²) in [5.41, 5.74) is 9.71. The maximum absolute atomic E-state index is 13.2. The maximum Gasteiger partial charge on any atom is 0.573 e. The van der Waals surface area contributed by atoms with Crippen LogP contribution in [0, 0.1) is 5.82 Å². The molecule has 15 heavy (non-hydrogen) atoms. The quantitative estimate of drug-likeness (QED) is 0.594. The molecule has 0 unspecified atom stereocenters. The van der Waals surface area contributed by atoms with E-state index in [1.54, 1.807) is 0 Å². The van der Waals surface area contributed by atoms with Gasteiger partial charge in [-0.05, 0) is 6.07 Å². The molecule has 7 heteroatoms. The number of rotatable bonds is 2. The third-order valence-corrected chi connectivity index (χ3v) is 1.65. The van der Waals surface area contributed by atoms with E-state index in [0.29, 0.717) is 0 Å². The molecule has 0 atom stereocenters. The van der Waals surface area contributed by atoms with Crippen molar-refractivity contribution in [1.29, 1.82) is 0 Å². The summed E-state index contributed by atoms with van der Waals surface area (Å²) >= 11 is 0. The monoisotopic (exact) mass is 224 g/mol. The number of alkyl halides is 3. The van der Waals surface area contributed by atoms with Gasteiger partial charge < -0.3 is 16.2 Å². The summed E-state index contributed by atoms with van der Waals surface area (Å²) in [6.07, 6.45) is -4.97. The molecule has 0 aliphatic rings. The molecule has 3 nitrogen and oxygen atoms in total. The first-order valence-corrected chi connectivity index (χ1v) is 3.88. The van der Waals surface area contributed by atoms with Gasteiger partial charge >= 0.3 is 6.36 Å². The molecule has 0 aliphatic carbocycles. The van der Waals surface area contributed by atoms with E-state index in [1.807, 2.05) is 0 Å². The van der Waals surface area contributed by atoms with Gasteiger partial charge in [-0.3, -0.25) is 0 Å². The Hall–Kier alpha value is -1.50. The molecule has 0 radical (unpaired) electrons. The summed E-state index contributed by atoms with van der Waals surface area (Å²) in [5.74, 6) is -2.22. The maximum atomic E-state index is 13.2. The van der Waals surface area contributed by atoms with Crippen LogP contribution in [-0.2, 0) is 6.54 Å². The molecule has 1 rings (SSSR count). The van der Waals surface area contributed by atoms with E-state index in [1.165, 1.54) is 6.07 Å². The zero-order chi connectivity index (χ0) is 11.6. The largest absolute Gasteiger partial charge is 0.573 e. The van der Waals surface area contributed by atoms with Gasteiger partial charge in [0.05, 0.1) is 5.69 Å². The van der Waals surface area contributed by atoms with Gasteiger partial charge in [0.15, 0.2) is 11.6 Å². The summed E-state index contributed by atoms with van der Waals surface area (Å²) in [6, 6.07) is 2.31. The topological polar surface area (TPSA) is 61.3 Å². The molecule has 1 aromatic carbocycles. The fraction of sp³-hybridized carbons (Fsp3) is 0.250. The zero-order valence-corrected chi connectivity index (χ0v) is 7.44. The minimum absolute atomic E-state index is 0.0981. The van der Waals surface area contributed by atoms with Crippen molar-refractivity contribution < 1.29 is 22.3 Å². The molecule has 1 aromatic rings. The molecule has 0 fully saturated rings. The van der Waals surface area contributed by atoms with Crippen LogP contribution in [0.15, 0.2) is 12.1 Å². The molecule has 0 heterocycles. The molecule has 0 amide bonds. The number of nitrogen functional groups attached to an aromatic ring is 1. The van der Waals surface area contributed by atoms with Gasteiger partial charge in [-0.15, -0.1) is 13.2 Å². The van der Waals surface area contributed by atoms with Crippen molar-refractivity contribution in [3.8, 4) is 5.75 Å². The number of halogens is 4. The van der Waals surface area contributed by atoms with Gasteiger partial charge in [0.25, 0.3) is 0 Å². The van der Waals surface area contributed by atoms with Crippen molar-refractivity contribution in [2.75, 3.05) is 5.73 Å². The lowest BCUT2D eigenvalue weighted by atomic mass is 10.1. The molecule has 0 aromatic heterocycles. The van der Waals surface area contributed by atoms with Crippen molar-refractivity contribution in [2.24, 2.45) is 5.73 Å². The highest BCUT2D eigenvalue weighted by atomic mass is 19.4. The molecular formula is C8H8F4N2O. The van der Waals surface area contributed by atoms with E-state index in [-0.39, 0.29) is 12.1 Å². The highest BCUT2D eigenvalue weighted by Gasteiger charge is 2.33. The predicted octanol–water partition coefficient (Wildman–Crippen LogP) is 1.77. The fourth-order valence-electron chi connectivity index (χ4n) is 0.998. The molecule has 4 N–H and O–H groups in total. The van der Waals surface area contributed by atoms with Crippen molar-refractivity contribution in [3.05, 3.63) is 23.5 Å². The molecule has 0 bridgehead atoms. The van der Waals surface area contributed by atoms with E-state index in [0.717, 1.165) is 6.07 Å². The van der Waals surface area contributed by atoms with Gasteiger partial charge in [0, 0.05) is 12.1 Å². The minimum atomic E-state index is -4.97. The second-order valence-corrected chi connectivity index (χ2v) is 2.71. The summed E-state index contributed by atoms with van der Waals surface area (Å²) < 4.78 is 52.4. The second kappa shape index (κ2) is 3.93. The van der Waals surface area contributed by atoms with Crippen molar-refractivity contribution in [1.82, 2.24) is 0 Å². The van der Waals surface area contributed by atoms with E-state index in [9.17, 15) is 17.6 Å². The van der Waals surface area contributed by atoms with Gasteiger partial charge in [0.1, 0.15) is 0 Å². The molecule has 0 aliphatic heterocycles. The third kappa shape index (κ3) is 2.72. The average molecular weight is 224 g/mol. The summed E-state index contributed by atoms with van der Waals surface area (Å²) in [4.78, 5) is 0. The summed E-state index contributed by atoms with van der Waals surface area (Å²) in [7, 11) is 0. The Balaban J connectivity index is 3.18. The first-order valence-electron chi connectivity index (χ1n) is 3.88. The smallest absolute Gasteiger partial charge is 0.402 e. The number of hydrogen-bond acceptors (Lipinski definition) is 3. The van der Waals surface area contributed by atoms with Gasteiger partial charge in [-0.25, -0.2) is 4.39 Å². The normalized spacial score (nSPS) is 11.5. The molecule has 0 saturated heterocycles. The van der Waals surface area contributed by atoms with Crippen LogP contribution in [0.2, 0.25) is 0 Å². The Kier molecular flexibility index (Phi) is 3.04. The summed E-state index contributed by atoms with van der Waals surface area (Å²) in [6.45, 7) is -0.275. The Morgan fingerprint density at radius 1 is 1.27 bits per heavy atom.